The summed E-state index contributed by atoms with van der Waals surface area (Å²) in [4.78, 5) is 28.0. The van der Waals surface area contributed by atoms with E-state index in [0.717, 1.165) is 31.2 Å². The SMILES string of the molecule is C[C@@H](C(=O)NC1CCCC1)N(CCc1ccccc1)C(=O)CCCN(C)S(=O)(=O)c1ccccc1. The summed E-state index contributed by atoms with van der Waals surface area (Å²) in [6.07, 6.45) is 5.41. The van der Waals surface area contributed by atoms with Gasteiger partial charge in [-0.1, -0.05) is 61.4 Å². The van der Waals surface area contributed by atoms with E-state index in [9.17, 15) is 18.0 Å². The second-order valence-corrected chi connectivity index (χ2v) is 11.3. The molecule has 190 valence electrons. The number of sulfonamides is 1. The minimum atomic E-state index is -3.60. The lowest BCUT2D eigenvalue weighted by molar-refractivity contribution is -0.140. The Morgan fingerprint density at radius 3 is 2.20 bits per heavy atom. The Hall–Kier alpha value is -2.71. The maximum Gasteiger partial charge on any atom is 0.242 e. The van der Waals surface area contributed by atoms with Crippen molar-refractivity contribution < 1.29 is 18.0 Å². The number of amides is 2. The summed E-state index contributed by atoms with van der Waals surface area (Å²) in [6.45, 7) is 2.43. The van der Waals surface area contributed by atoms with Gasteiger partial charge in [-0.05, 0) is 50.3 Å². The first-order chi connectivity index (χ1) is 16.8. The van der Waals surface area contributed by atoms with E-state index in [2.05, 4.69) is 5.32 Å². The highest BCUT2D eigenvalue weighted by Gasteiger charge is 2.28. The highest BCUT2D eigenvalue weighted by atomic mass is 32.2. The maximum atomic E-state index is 13.2. The molecule has 1 atom stereocenters. The summed E-state index contributed by atoms with van der Waals surface area (Å²) in [7, 11) is -2.08. The molecule has 1 fully saturated rings. The number of nitrogens with zero attached hydrogens (tertiary/aromatic N) is 2. The fourth-order valence-electron chi connectivity index (χ4n) is 4.45. The van der Waals surface area contributed by atoms with Crippen molar-refractivity contribution in [1.29, 1.82) is 0 Å². The van der Waals surface area contributed by atoms with Crippen LogP contribution in [0, 0.1) is 0 Å². The molecule has 0 unspecified atom stereocenters. The lowest BCUT2D eigenvalue weighted by Crippen LogP contribution is -2.50. The minimum absolute atomic E-state index is 0.123. The van der Waals surface area contributed by atoms with E-state index in [0.29, 0.717) is 19.4 Å². The number of hydrogen-bond donors (Lipinski definition) is 1. The second kappa shape index (κ2) is 12.8. The average molecular weight is 500 g/mol. The first kappa shape index (κ1) is 26.9. The van der Waals surface area contributed by atoms with E-state index in [1.807, 2.05) is 30.3 Å². The van der Waals surface area contributed by atoms with Gasteiger partial charge in [0.1, 0.15) is 6.04 Å². The third kappa shape index (κ3) is 7.64. The van der Waals surface area contributed by atoms with Crippen LogP contribution in [0.3, 0.4) is 0 Å². The van der Waals surface area contributed by atoms with Gasteiger partial charge in [0, 0.05) is 32.6 Å². The number of rotatable bonds is 12. The lowest BCUT2D eigenvalue weighted by Gasteiger charge is -2.30. The summed E-state index contributed by atoms with van der Waals surface area (Å²) in [5.74, 6) is -0.261. The number of hydrogen-bond acceptors (Lipinski definition) is 4. The fraction of sp³-hybridized carbons (Fsp3) is 0.481. The largest absolute Gasteiger partial charge is 0.352 e. The van der Waals surface area contributed by atoms with Gasteiger partial charge in [-0.15, -0.1) is 0 Å². The van der Waals surface area contributed by atoms with E-state index in [4.69, 9.17) is 0 Å². The predicted octanol–water partition coefficient (Wildman–Crippen LogP) is 3.61. The van der Waals surface area contributed by atoms with Crippen molar-refractivity contribution in [2.45, 2.75) is 68.8 Å². The zero-order valence-corrected chi connectivity index (χ0v) is 21.5. The van der Waals surface area contributed by atoms with E-state index >= 15 is 0 Å². The molecule has 3 rings (SSSR count). The van der Waals surface area contributed by atoms with Crippen molar-refractivity contribution in [1.82, 2.24) is 14.5 Å². The zero-order chi connectivity index (χ0) is 25.3. The van der Waals surface area contributed by atoms with Gasteiger partial charge in [0.25, 0.3) is 0 Å². The third-order valence-electron chi connectivity index (χ3n) is 6.67. The van der Waals surface area contributed by atoms with Crippen molar-refractivity contribution in [3.8, 4) is 0 Å². The average Bonchev–Trinajstić information content (AvgIpc) is 3.38. The number of carbonyl (C=O) groups is 2. The first-order valence-electron chi connectivity index (χ1n) is 12.4. The van der Waals surface area contributed by atoms with Crippen LogP contribution in [-0.4, -0.2) is 61.7 Å². The standard InChI is InChI=1S/C27H37N3O4S/c1-22(27(32)28-24-14-9-10-15-24)30(21-19-23-12-5-3-6-13-23)26(31)18-11-20-29(2)35(33,34)25-16-7-4-8-17-25/h3-8,12-13,16-17,22,24H,9-11,14-15,18-21H2,1-2H3,(H,28,32)/t22-/m0/s1. The number of nitrogens with one attached hydrogen (secondary N) is 1. The van der Waals surface area contributed by atoms with E-state index < -0.39 is 16.1 Å². The van der Waals surface area contributed by atoms with Gasteiger partial charge < -0.3 is 10.2 Å². The van der Waals surface area contributed by atoms with Crippen molar-refractivity contribution in [2.24, 2.45) is 0 Å². The molecule has 1 aliphatic carbocycles. The Balaban J connectivity index is 1.60. The normalized spacial score (nSPS) is 15.2. The molecule has 0 aromatic heterocycles. The van der Waals surface area contributed by atoms with E-state index in [1.165, 1.54) is 11.4 Å². The van der Waals surface area contributed by atoms with Gasteiger partial charge >= 0.3 is 0 Å². The molecule has 0 spiro atoms. The Labute approximate surface area is 209 Å². The summed E-state index contributed by atoms with van der Waals surface area (Å²) in [5.41, 5.74) is 1.10. The van der Waals surface area contributed by atoms with E-state index in [-0.39, 0.29) is 35.7 Å². The lowest BCUT2D eigenvalue weighted by atomic mass is 10.1. The molecule has 0 radical (unpaired) electrons. The third-order valence-corrected chi connectivity index (χ3v) is 8.54. The molecule has 2 aromatic carbocycles. The van der Waals surface area contributed by atoms with Crippen molar-refractivity contribution >= 4 is 21.8 Å². The molecule has 2 aromatic rings. The van der Waals surface area contributed by atoms with Crippen LogP contribution in [0.4, 0.5) is 0 Å². The summed E-state index contributed by atoms with van der Waals surface area (Å²) >= 11 is 0. The molecular formula is C27H37N3O4S. The van der Waals surface area contributed by atoms with Crippen LogP contribution in [-0.2, 0) is 26.0 Å². The highest BCUT2D eigenvalue weighted by molar-refractivity contribution is 7.89. The number of carbonyl (C=O) groups excluding carboxylic acids is 2. The monoisotopic (exact) mass is 499 g/mol. The summed E-state index contributed by atoms with van der Waals surface area (Å²) < 4.78 is 26.8. The maximum absolute atomic E-state index is 13.2. The molecule has 1 N–H and O–H groups in total. The molecule has 7 nitrogen and oxygen atoms in total. The van der Waals surface area contributed by atoms with Crippen molar-refractivity contribution in [3.63, 3.8) is 0 Å². The first-order valence-corrected chi connectivity index (χ1v) is 13.9. The summed E-state index contributed by atoms with van der Waals surface area (Å²) in [5, 5.41) is 3.10. The molecular weight excluding hydrogens is 462 g/mol. The van der Waals surface area contributed by atoms with Crippen LogP contribution in [0.2, 0.25) is 0 Å². The zero-order valence-electron chi connectivity index (χ0n) is 20.7. The van der Waals surface area contributed by atoms with Crippen LogP contribution in [0.25, 0.3) is 0 Å². The van der Waals surface area contributed by atoms with Gasteiger partial charge in [-0.25, -0.2) is 12.7 Å². The van der Waals surface area contributed by atoms with Crippen LogP contribution in [0.5, 0.6) is 0 Å². The van der Waals surface area contributed by atoms with Gasteiger partial charge in [-0.3, -0.25) is 9.59 Å². The molecule has 1 aliphatic rings. The van der Waals surface area contributed by atoms with Crippen molar-refractivity contribution in [2.75, 3.05) is 20.1 Å². The Bertz CT molecular complexity index is 1050. The van der Waals surface area contributed by atoms with Gasteiger partial charge in [-0.2, -0.15) is 0 Å². The quantitative estimate of drug-likeness (QED) is 0.483. The topological polar surface area (TPSA) is 86.8 Å². The van der Waals surface area contributed by atoms with Crippen LogP contribution < -0.4 is 5.32 Å². The molecule has 0 bridgehead atoms. The summed E-state index contributed by atoms with van der Waals surface area (Å²) in [6, 6.07) is 17.8. The molecule has 35 heavy (non-hydrogen) atoms. The molecule has 8 heteroatoms. The molecule has 0 saturated heterocycles. The molecule has 1 saturated carbocycles. The highest BCUT2D eigenvalue weighted by Crippen LogP contribution is 2.19. The minimum Gasteiger partial charge on any atom is -0.352 e. The van der Waals surface area contributed by atoms with Crippen LogP contribution in [0.15, 0.2) is 65.6 Å². The van der Waals surface area contributed by atoms with Gasteiger partial charge in [0.15, 0.2) is 0 Å². The van der Waals surface area contributed by atoms with Gasteiger partial charge in [0.05, 0.1) is 4.90 Å². The second-order valence-electron chi connectivity index (χ2n) is 9.23. The van der Waals surface area contributed by atoms with E-state index in [1.54, 1.807) is 42.2 Å². The Morgan fingerprint density at radius 1 is 0.971 bits per heavy atom. The predicted molar refractivity (Wildman–Crippen MR) is 137 cm³/mol. The van der Waals surface area contributed by atoms with Crippen LogP contribution >= 0.6 is 0 Å². The molecule has 2 amide bonds. The van der Waals surface area contributed by atoms with Crippen molar-refractivity contribution in [3.05, 3.63) is 66.2 Å². The smallest absolute Gasteiger partial charge is 0.242 e. The molecule has 0 heterocycles. The fourth-order valence-corrected chi connectivity index (χ4v) is 5.68. The van der Waals surface area contributed by atoms with Gasteiger partial charge in [0.2, 0.25) is 21.8 Å². The van der Waals surface area contributed by atoms with Crippen LogP contribution in [0.1, 0.15) is 51.0 Å². The Kier molecular flexibility index (Phi) is 9.86. The molecule has 0 aliphatic heterocycles. The number of benzene rings is 2. The Morgan fingerprint density at radius 2 is 1.57 bits per heavy atom.